The number of rotatable bonds is 4. The van der Waals surface area contributed by atoms with Crippen LogP contribution < -0.4 is 10.7 Å². The average molecular weight is 329 g/mol. The third-order valence-corrected chi connectivity index (χ3v) is 4.68. The molecule has 1 atom stereocenters. The molecule has 6 nitrogen and oxygen atoms in total. The number of hydrogen-bond donors (Lipinski definition) is 3. The van der Waals surface area contributed by atoms with Crippen LogP contribution in [-0.2, 0) is 11.3 Å². The lowest BCUT2D eigenvalue weighted by Gasteiger charge is -2.34. The average Bonchev–Trinajstić information content (AvgIpc) is 2.54. The molecule has 1 amide bonds. The van der Waals surface area contributed by atoms with E-state index in [0.29, 0.717) is 26.1 Å². The molecule has 0 unspecified atom stereocenters. The molecule has 24 heavy (non-hydrogen) atoms. The number of pyridine rings is 1. The second-order valence-electron chi connectivity index (χ2n) is 6.40. The summed E-state index contributed by atoms with van der Waals surface area (Å²) in [5, 5.41) is 12.8. The maximum Gasteiger partial charge on any atom is 0.237 e. The highest BCUT2D eigenvalue weighted by atomic mass is 16.3. The number of aliphatic hydroxyl groups is 1. The predicted octanol–water partition coefficient (Wildman–Crippen LogP) is 0.828. The van der Waals surface area contributed by atoms with Crippen molar-refractivity contribution in [1.82, 2.24) is 15.2 Å². The lowest BCUT2D eigenvalue weighted by Crippen LogP contribution is -2.55. The summed E-state index contributed by atoms with van der Waals surface area (Å²) >= 11 is 0. The smallest absolute Gasteiger partial charge is 0.237 e. The summed E-state index contributed by atoms with van der Waals surface area (Å²) in [7, 11) is 0. The van der Waals surface area contributed by atoms with E-state index in [4.69, 9.17) is 0 Å². The number of hydrogen-bond acceptors (Lipinski definition) is 4. The third-order valence-electron chi connectivity index (χ3n) is 4.68. The Morgan fingerprint density at radius 1 is 1.25 bits per heavy atom. The van der Waals surface area contributed by atoms with E-state index < -0.39 is 0 Å². The van der Waals surface area contributed by atoms with E-state index in [9.17, 15) is 14.7 Å². The largest absolute Gasteiger partial charge is 0.396 e. The number of aliphatic hydroxyl groups excluding tert-OH is 1. The van der Waals surface area contributed by atoms with Gasteiger partial charge in [0.15, 0.2) is 5.43 Å². The molecule has 6 heteroatoms. The van der Waals surface area contributed by atoms with Crippen LogP contribution in [0.4, 0.5) is 0 Å². The predicted molar refractivity (Wildman–Crippen MR) is 93.0 cm³/mol. The molecule has 2 aromatic rings. The number of nitrogens with one attached hydrogen (secondary N) is 2. The molecule has 1 saturated heterocycles. The lowest BCUT2D eigenvalue weighted by atomic mass is 10.0. The van der Waals surface area contributed by atoms with Crippen molar-refractivity contribution in [1.29, 1.82) is 0 Å². The quantitative estimate of drug-likeness (QED) is 0.775. The lowest BCUT2D eigenvalue weighted by molar-refractivity contribution is -0.130. The summed E-state index contributed by atoms with van der Waals surface area (Å²) in [5.74, 6) is -0.0644. The van der Waals surface area contributed by atoms with Gasteiger partial charge in [-0.3, -0.25) is 14.5 Å². The van der Waals surface area contributed by atoms with Gasteiger partial charge in [-0.15, -0.1) is 0 Å². The molecule has 1 aromatic heterocycles. The van der Waals surface area contributed by atoms with E-state index >= 15 is 0 Å². The van der Waals surface area contributed by atoms with Crippen molar-refractivity contribution in [2.75, 3.05) is 19.7 Å². The van der Waals surface area contributed by atoms with Gasteiger partial charge in [0.2, 0.25) is 5.91 Å². The Labute approximate surface area is 140 Å². The maximum absolute atomic E-state index is 12.5. The summed E-state index contributed by atoms with van der Waals surface area (Å²) in [6.45, 7) is 5.63. The van der Waals surface area contributed by atoms with Crippen LogP contribution in [0.3, 0.4) is 0 Å². The Balaban J connectivity index is 1.96. The Bertz CT molecular complexity index is 828. The van der Waals surface area contributed by atoms with Gasteiger partial charge in [-0.25, -0.2) is 0 Å². The van der Waals surface area contributed by atoms with E-state index in [0.717, 1.165) is 27.7 Å². The Hall–Kier alpha value is -2.18. The highest BCUT2D eigenvalue weighted by Gasteiger charge is 2.29. The highest BCUT2D eigenvalue weighted by molar-refractivity contribution is 5.85. The van der Waals surface area contributed by atoms with Crippen molar-refractivity contribution < 1.29 is 9.90 Å². The fourth-order valence-corrected chi connectivity index (χ4v) is 3.41. The second-order valence-corrected chi connectivity index (χ2v) is 6.40. The molecule has 1 aliphatic heterocycles. The Kier molecular flexibility index (Phi) is 4.69. The number of carbonyl (C=O) groups is 1. The molecule has 1 aromatic carbocycles. The summed E-state index contributed by atoms with van der Waals surface area (Å²) < 4.78 is 0. The molecular formula is C18H23N3O3. The van der Waals surface area contributed by atoms with Gasteiger partial charge in [-0.2, -0.15) is 0 Å². The molecule has 1 aliphatic rings. The maximum atomic E-state index is 12.5. The van der Waals surface area contributed by atoms with Gasteiger partial charge in [0, 0.05) is 43.4 Å². The van der Waals surface area contributed by atoms with E-state index in [2.05, 4.69) is 10.3 Å². The first-order valence-electron chi connectivity index (χ1n) is 8.26. The van der Waals surface area contributed by atoms with Crippen LogP contribution in [-0.4, -0.2) is 46.6 Å². The number of aromatic nitrogens is 1. The monoisotopic (exact) mass is 329 g/mol. The summed E-state index contributed by atoms with van der Waals surface area (Å²) in [6.07, 6.45) is 0.391. The summed E-state index contributed by atoms with van der Waals surface area (Å²) in [4.78, 5) is 29.9. The zero-order valence-electron chi connectivity index (χ0n) is 14.1. The first kappa shape index (κ1) is 16.7. The van der Waals surface area contributed by atoms with E-state index in [-0.39, 0.29) is 24.0 Å². The zero-order chi connectivity index (χ0) is 17.3. The fraction of sp³-hybridized carbons (Fsp3) is 0.444. The number of aromatic amines is 1. The number of amides is 1. The minimum atomic E-state index is -0.360. The molecule has 3 N–H and O–H groups in total. The van der Waals surface area contributed by atoms with Gasteiger partial charge in [0.1, 0.15) is 0 Å². The molecule has 0 aliphatic carbocycles. The molecule has 2 heterocycles. The number of fused-ring (bicyclic) bond motifs is 1. The van der Waals surface area contributed by atoms with E-state index in [1.807, 2.05) is 30.9 Å². The SMILES string of the molecule is Cc1ccc(C)c2c(=O)cc(CN3CCNC(=O)[C@@H]3CCO)[nH]c12. The number of aryl methyl sites for hydroxylation is 2. The summed E-state index contributed by atoms with van der Waals surface area (Å²) in [6, 6.07) is 5.22. The van der Waals surface area contributed by atoms with Crippen LogP contribution in [0.1, 0.15) is 23.2 Å². The standard InChI is InChI=1S/C18H23N3O3/c1-11-3-4-12(2)17-16(11)15(23)9-13(20-17)10-21-7-6-19-18(24)14(21)5-8-22/h3-4,9,14,22H,5-8,10H2,1-2H3,(H,19,24)(H,20,23)/t14-/m0/s1. The van der Waals surface area contributed by atoms with Gasteiger partial charge in [-0.1, -0.05) is 12.1 Å². The van der Waals surface area contributed by atoms with Crippen molar-refractivity contribution in [2.24, 2.45) is 0 Å². The number of H-pyrrole nitrogens is 1. The van der Waals surface area contributed by atoms with Crippen molar-refractivity contribution in [3.05, 3.63) is 45.2 Å². The molecular weight excluding hydrogens is 306 g/mol. The van der Waals surface area contributed by atoms with Crippen LogP contribution in [0, 0.1) is 13.8 Å². The molecule has 1 fully saturated rings. The zero-order valence-corrected chi connectivity index (χ0v) is 14.1. The van der Waals surface area contributed by atoms with Crippen molar-refractivity contribution in [3.63, 3.8) is 0 Å². The van der Waals surface area contributed by atoms with Crippen LogP contribution in [0.5, 0.6) is 0 Å². The number of nitrogens with zero attached hydrogens (tertiary/aromatic N) is 1. The van der Waals surface area contributed by atoms with Gasteiger partial charge in [0.05, 0.1) is 11.6 Å². The van der Waals surface area contributed by atoms with Gasteiger partial charge < -0.3 is 15.4 Å². The first-order valence-corrected chi connectivity index (χ1v) is 8.26. The third kappa shape index (κ3) is 3.07. The molecule has 0 saturated carbocycles. The fourth-order valence-electron chi connectivity index (χ4n) is 3.41. The Morgan fingerprint density at radius 2 is 2.00 bits per heavy atom. The van der Waals surface area contributed by atoms with Crippen LogP contribution in [0.2, 0.25) is 0 Å². The molecule has 0 spiro atoms. The van der Waals surface area contributed by atoms with Crippen molar-refractivity contribution in [2.45, 2.75) is 32.9 Å². The van der Waals surface area contributed by atoms with Gasteiger partial charge >= 0.3 is 0 Å². The van der Waals surface area contributed by atoms with Crippen LogP contribution >= 0.6 is 0 Å². The summed E-state index contributed by atoms with van der Waals surface area (Å²) in [5.41, 5.74) is 3.63. The topological polar surface area (TPSA) is 85.4 Å². The van der Waals surface area contributed by atoms with Crippen LogP contribution in [0.15, 0.2) is 23.0 Å². The van der Waals surface area contributed by atoms with Gasteiger partial charge in [0.25, 0.3) is 0 Å². The Morgan fingerprint density at radius 3 is 2.75 bits per heavy atom. The van der Waals surface area contributed by atoms with Crippen molar-refractivity contribution >= 4 is 16.8 Å². The molecule has 0 bridgehead atoms. The van der Waals surface area contributed by atoms with Crippen LogP contribution in [0.25, 0.3) is 10.9 Å². The van der Waals surface area contributed by atoms with Gasteiger partial charge in [-0.05, 0) is 31.4 Å². The number of piperazine rings is 1. The minimum absolute atomic E-state index is 0.000110. The molecule has 0 radical (unpaired) electrons. The molecule has 128 valence electrons. The first-order chi connectivity index (χ1) is 11.5. The second kappa shape index (κ2) is 6.75. The van der Waals surface area contributed by atoms with E-state index in [1.54, 1.807) is 6.07 Å². The highest BCUT2D eigenvalue weighted by Crippen LogP contribution is 2.19. The van der Waals surface area contributed by atoms with Crippen molar-refractivity contribution in [3.8, 4) is 0 Å². The van der Waals surface area contributed by atoms with E-state index in [1.165, 1.54) is 0 Å². The normalized spacial score (nSPS) is 18.8. The number of benzene rings is 1. The minimum Gasteiger partial charge on any atom is -0.396 e. The number of carbonyl (C=O) groups excluding carboxylic acids is 1. The molecule has 3 rings (SSSR count).